The number of amides is 2. The van der Waals surface area contributed by atoms with Crippen molar-refractivity contribution in [1.29, 1.82) is 0 Å². The minimum Gasteiger partial charge on any atom is -0.435 e. The molecule has 1 saturated heterocycles. The maximum absolute atomic E-state index is 13.3. The number of allylic oxidation sites excluding steroid dienone is 1. The van der Waals surface area contributed by atoms with Crippen LogP contribution in [-0.4, -0.2) is 84.4 Å². The first kappa shape index (κ1) is 29.0. The number of aromatic nitrogens is 3. The maximum Gasteiger partial charge on any atom is 0.511 e. The van der Waals surface area contributed by atoms with E-state index < -0.39 is 47.4 Å². The minimum absolute atomic E-state index is 0.0439. The van der Waals surface area contributed by atoms with Gasteiger partial charge in [0.1, 0.15) is 22.8 Å². The number of hydrogen-bond acceptors (Lipinski definition) is 16. The number of oxime groups is 1. The number of anilines is 1. The average Bonchev–Trinajstić information content (AvgIpc) is 3.53. The molecule has 40 heavy (non-hydrogen) atoms. The Labute approximate surface area is 239 Å². The summed E-state index contributed by atoms with van der Waals surface area (Å²) in [5.74, 6) is -2.11. The molecule has 15 nitrogen and oxygen atoms in total. The molecule has 3 atom stereocenters. The van der Waals surface area contributed by atoms with Crippen molar-refractivity contribution < 1.29 is 38.6 Å². The Morgan fingerprint density at radius 2 is 2.12 bits per heavy atom. The standard InChI is InChI=1S/C22H23N7O8S3/c1-4-35-22(33)37-10(3)36-20(32)16-11(5-6-13-9(2)26-28-40-13)7-38-19-15(18(31)29(16)19)25-17(30)14(27-34)12-8-39-21(23)24-12/h5-6,8,10,15,19,34H,4,7H2,1-3H3,(H2,23,24)(H,25,30)/b6-5-,27-14-/t10?,15?,19-/m0/s1. The molecule has 0 aliphatic carbocycles. The van der Waals surface area contributed by atoms with E-state index in [1.54, 1.807) is 26.0 Å². The molecule has 4 N–H and O–H groups in total. The lowest BCUT2D eigenvalue weighted by Crippen LogP contribution is -2.71. The number of carbonyl (C=O) groups excluding carboxylic acids is 4. The number of nitrogens with two attached hydrogens (primary N) is 1. The zero-order valence-electron chi connectivity index (χ0n) is 21.2. The number of rotatable bonds is 9. The van der Waals surface area contributed by atoms with Crippen molar-refractivity contribution in [1.82, 2.24) is 24.8 Å². The van der Waals surface area contributed by atoms with Gasteiger partial charge in [0.25, 0.3) is 11.8 Å². The summed E-state index contributed by atoms with van der Waals surface area (Å²) < 4.78 is 18.8. The average molecular weight is 610 g/mol. The molecule has 0 saturated carbocycles. The van der Waals surface area contributed by atoms with Crippen molar-refractivity contribution in [3.8, 4) is 0 Å². The fourth-order valence-electron chi connectivity index (χ4n) is 3.67. The number of β-lactam (4-membered cyclic amide) rings is 1. The van der Waals surface area contributed by atoms with Gasteiger partial charge in [-0.15, -0.1) is 28.2 Å². The van der Waals surface area contributed by atoms with Gasteiger partial charge in [0, 0.05) is 18.1 Å². The molecule has 2 unspecified atom stereocenters. The van der Waals surface area contributed by atoms with E-state index in [9.17, 15) is 24.4 Å². The highest BCUT2D eigenvalue weighted by atomic mass is 32.2. The lowest BCUT2D eigenvalue weighted by Gasteiger charge is -2.49. The number of nitrogen functional groups attached to an aromatic ring is 1. The van der Waals surface area contributed by atoms with Crippen molar-refractivity contribution in [2.24, 2.45) is 5.16 Å². The second kappa shape index (κ2) is 12.4. The summed E-state index contributed by atoms with van der Waals surface area (Å²) in [6.45, 7) is 4.77. The summed E-state index contributed by atoms with van der Waals surface area (Å²) in [5.41, 5.74) is 6.29. The smallest absolute Gasteiger partial charge is 0.435 e. The minimum atomic E-state index is -1.31. The second-order valence-corrected chi connectivity index (χ2v) is 10.9. The summed E-state index contributed by atoms with van der Waals surface area (Å²) in [6, 6.07) is -1.04. The predicted molar refractivity (Wildman–Crippen MR) is 144 cm³/mol. The van der Waals surface area contributed by atoms with Crippen molar-refractivity contribution in [3.05, 3.63) is 39.0 Å². The quantitative estimate of drug-likeness (QED) is 0.0920. The normalized spacial score (nSPS) is 19.6. The first-order valence-corrected chi connectivity index (χ1v) is 14.3. The Morgan fingerprint density at radius 3 is 2.75 bits per heavy atom. The molecule has 4 heterocycles. The van der Waals surface area contributed by atoms with E-state index in [1.807, 2.05) is 0 Å². The van der Waals surface area contributed by atoms with E-state index in [4.69, 9.17) is 19.9 Å². The monoisotopic (exact) mass is 609 g/mol. The van der Waals surface area contributed by atoms with Crippen LogP contribution in [0.1, 0.15) is 30.1 Å². The van der Waals surface area contributed by atoms with E-state index in [2.05, 4.69) is 25.0 Å². The molecule has 2 amide bonds. The number of thiazole rings is 1. The highest BCUT2D eigenvalue weighted by Crippen LogP contribution is 2.41. The number of nitrogens with zero attached hydrogens (tertiary/aromatic N) is 5. The summed E-state index contributed by atoms with van der Waals surface area (Å²) in [5, 5.41) is 19.8. The van der Waals surface area contributed by atoms with Gasteiger partial charge in [0.15, 0.2) is 10.8 Å². The number of esters is 1. The Balaban J connectivity index is 1.56. The zero-order valence-corrected chi connectivity index (χ0v) is 23.7. The van der Waals surface area contributed by atoms with E-state index in [-0.39, 0.29) is 28.9 Å². The van der Waals surface area contributed by atoms with Crippen molar-refractivity contribution >= 4 is 75.5 Å². The van der Waals surface area contributed by atoms with Crippen LogP contribution in [0, 0.1) is 6.92 Å². The highest BCUT2D eigenvalue weighted by Gasteiger charge is 2.54. The van der Waals surface area contributed by atoms with Gasteiger partial charge in [-0.3, -0.25) is 14.5 Å². The number of fused-ring (bicyclic) bond motifs is 1. The van der Waals surface area contributed by atoms with Crippen LogP contribution in [0.2, 0.25) is 0 Å². The maximum atomic E-state index is 13.3. The van der Waals surface area contributed by atoms with Crippen LogP contribution in [0.5, 0.6) is 0 Å². The summed E-state index contributed by atoms with van der Waals surface area (Å²) in [6.07, 6.45) is 1.04. The van der Waals surface area contributed by atoms with Gasteiger partial charge in [-0.1, -0.05) is 15.7 Å². The lowest BCUT2D eigenvalue weighted by atomic mass is 10.0. The molecular weight excluding hydrogens is 586 g/mol. The molecule has 2 aromatic rings. The van der Waals surface area contributed by atoms with Crippen LogP contribution in [0.4, 0.5) is 9.93 Å². The van der Waals surface area contributed by atoms with E-state index in [0.29, 0.717) is 11.3 Å². The second-order valence-electron chi connectivity index (χ2n) is 8.08. The van der Waals surface area contributed by atoms with Crippen LogP contribution in [0.15, 0.2) is 27.9 Å². The third kappa shape index (κ3) is 6.07. The summed E-state index contributed by atoms with van der Waals surface area (Å²) in [4.78, 5) is 56.8. The molecule has 0 spiro atoms. The highest BCUT2D eigenvalue weighted by molar-refractivity contribution is 8.00. The Bertz CT molecular complexity index is 1420. The van der Waals surface area contributed by atoms with Gasteiger partial charge in [0.2, 0.25) is 6.29 Å². The first-order chi connectivity index (χ1) is 19.1. The largest absolute Gasteiger partial charge is 0.511 e. The fraction of sp³-hybridized carbons (Fsp3) is 0.364. The molecule has 0 aromatic carbocycles. The number of nitrogens with one attached hydrogen (secondary N) is 1. The van der Waals surface area contributed by atoms with Gasteiger partial charge in [-0.05, 0) is 37.0 Å². The van der Waals surface area contributed by atoms with Gasteiger partial charge < -0.3 is 30.5 Å². The Hall–Kier alpha value is -4.03. The summed E-state index contributed by atoms with van der Waals surface area (Å²) >= 11 is 3.50. The third-order valence-electron chi connectivity index (χ3n) is 5.48. The van der Waals surface area contributed by atoms with E-state index >= 15 is 0 Å². The molecule has 0 radical (unpaired) electrons. The van der Waals surface area contributed by atoms with Crippen molar-refractivity contribution in [2.45, 2.75) is 38.5 Å². The molecule has 18 heteroatoms. The molecule has 2 aliphatic rings. The van der Waals surface area contributed by atoms with Crippen molar-refractivity contribution in [3.63, 3.8) is 0 Å². The Morgan fingerprint density at radius 1 is 1.35 bits per heavy atom. The van der Waals surface area contributed by atoms with Crippen LogP contribution >= 0.6 is 34.6 Å². The van der Waals surface area contributed by atoms with E-state index in [1.165, 1.54) is 29.0 Å². The number of carbonyl (C=O) groups is 4. The Kier molecular flexibility index (Phi) is 9.00. The fourth-order valence-corrected chi connectivity index (χ4v) is 6.08. The molecular formula is C22H23N7O8S3. The van der Waals surface area contributed by atoms with Crippen LogP contribution in [0.3, 0.4) is 0 Å². The number of ether oxygens (including phenoxy) is 3. The molecule has 1 fully saturated rings. The van der Waals surface area contributed by atoms with Gasteiger partial charge in [-0.25, -0.2) is 14.6 Å². The van der Waals surface area contributed by atoms with Crippen LogP contribution < -0.4 is 11.1 Å². The predicted octanol–water partition coefficient (Wildman–Crippen LogP) is 1.49. The van der Waals surface area contributed by atoms with Crippen LogP contribution in [-0.2, 0) is 28.6 Å². The molecule has 4 rings (SSSR count). The zero-order chi connectivity index (χ0) is 29.0. The van der Waals surface area contributed by atoms with Gasteiger partial charge >= 0.3 is 12.1 Å². The van der Waals surface area contributed by atoms with Crippen LogP contribution in [0.25, 0.3) is 6.08 Å². The number of hydrogen-bond donors (Lipinski definition) is 3. The SMILES string of the molecule is CCOC(=O)OC(C)OC(=O)C1=C(/C=C\c2snnc2C)CS[C@H]2C(NC(=O)/C(=N\O)c3csc(N)n3)C(=O)N12. The molecule has 2 aliphatic heterocycles. The topological polar surface area (TPSA) is 209 Å². The molecule has 2 aromatic heterocycles. The first-order valence-electron chi connectivity index (χ1n) is 11.6. The lowest BCUT2D eigenvalue weighted by molar-refractivity contribution is -0.168. The van der Waals surface area contributed by atoms with Gasteiger partial charge in [-0.2, -0.15) is 0 Å². The molecule has 212 valence electrons. The summed E-state index contributed by atoms with van der Waals surface area (Å²) in [7, 11) is 0. The van der Waals surface area contributed by atoms with Gasteiger partial charge in [0.05, 0.1) is 17.2 Å². The number of aryl methyl sites for hydroxylation is 1. The van der Waals surface area contributed by atoms with E-state index in [0.717, 1.165) is 27.7 Å². The number of thioether (sulfide) groups is 1. The third-order valence-corrected chi connectivity index (χ3v) is 8.24. The molecule has 0 bridgehead atoms. The van der Waals surface area contributed by atoms with Crippen molar-refractivity contribution in [2.75, 3.05) is 18.1 Å².